The Kier molecular flexibility index (Phi) is 11.1. The quantitative estimate of drug-likeness (QED) is 0.123. The van der Waals surface area contributed by atoms with E-state index in [1.54, 1.807) is 0 Å². The molecule has 0 spiro atoms. The molecule has 0 fully saturated rings. The van der Waals surface area contributed by atoms with Crippen molar-refractivity contribution in [1.29, 1.82) is 0 Å². The van der Waals surface area contributed by atoms with E-state index >= 15 is 0 Å². The van der Waals surface area contributed by atoms with Crippen LogP contribution >= 0.6 is 0 Å². The van der Waals surface area contributed by atoms with E-state index in [1.165, 1.54) is 104 Å². The Morgan fingerprint density at radius 3 is 1.34 bits per heavy atom. The minimum absolute atomic E-state index is 0.480. The van der Waals surface area contributed by atoms with Crippen molar-refractivity contribution >= 4 is 45.9 Å². The third-order valence-electron chi connectivity index (χ3n) is 16.2. The Hall–Kier alpha value is -9.34. The number of rotatable bonds is 10. The molecule has 1 nitrogen and oxygen atoms in total. The van der Waals surface area contributed by atoms with Gasteiger partial charge in [-0.25, -0.2) is 0 Å². The van der Waals surface area contributed by atoms with E-state index in [0.29, 0.717) is 0 Å². The number of hydrogen-bond acceptors (Lipinski definition) is 1. The molecule has 0 atom stereocenters. The van der Waals surface area contributed by atoms with Crippen LogP contribution in [0.15, 0.2) is 303 Å². The zero-order chi connectivity index (χ0) is 50.6. The van der Waals surface area contributed by atoms with E-state index in [0.717, 1.165) is 17.1 Å². The van der Waals surface area contributed by atoms with E-state index < -0.39 is 13.5 Å². The topological polar surface area (TPSA) is 3.24 Å². The normalized spacial score (nSPS) is 13.3. The van der Waals surface area contributed by atoms with E-state index in [4.69, 9.17) is 0 Å². The van der Waals surface area contributed by atoms with Crippen molar-refractivity contribution in [1.82, 2.24) is 0 Å². The van der Waals surface area contributed by atoms with E-state index in [2.05, 4.69) is 315 Å². The Morgan fingerprint density at radius 1 is 0.276 bits per heavy atom. The number of aryl methyl sites for hydroxylation is 1. The second kappa shape index (κ2) is 18.5. The molecule has 0 radical (unpaired) electrons. The number of nitrogens with zero attached hydrogens (tertiary/aromatic N) is 1. The molecule has 0 amide bonds. The summed E-state index contributed by atoms with van der Waals surface area (Å²) >= 11 is 0. The van der Waals surface area contributed by atoms with Gasteiger partial charge in [-0.05, 0) is 154 Å². The summed E-state index contributed by atoms with van der Waals surface area (Å²) in [7, 11) is -2.84. The fraction of sp³-hybridized carbons (Fsp3) is 0.0270. The van der Waals surface area contributed by atoms with Gasteiger partial charge in [0.15, 0.2) is 8.07 Å². The molecule has 2 aliphatic rings. The highest BCUT2D eigenvalue weighted by molar-refractivity contribution is 7.22. The second-order valence-corrected chi connectivity index (χ2v) is 24.2. The molecular formula is C74H53NSi. The van der Waals surface area contributed by atoms with Crippen LogP contribution in [0.4, 0.5) is 17.1 Å². The van der Waals surface area contributed by atoms with Gasteiger partial charge in [-0.15, -0.1) is 0 Å². The lowest BCUT2D eigenvalue weighted by molar-refractivity contribution is 0.769. The SMILES string of the molecule is Cc1cccc([Si]2(c3cccc(N(c4ccc(-c5ccc6c(c5)C(c5ccccc5)(c5ccccc5)c5ccccc5-6)cc4)c4cc(-c5ccccc5)cc(-c5ccccc5)c4)c3)c3ccccc3-c3ccccc32)c1. The van der Waals surface area contributed by atoms with Gasteiger partial charge in [0.2, 0.25) is 0 Å². The van der Waals surface area contributed by atoms with Gasteiger partial charge in [0.25, 0.3) is 0 Å². The minimum atomic E-state index is -2.84. The van der Waals surface area contributed by atoms with Crippen LogP contribution in [0.3, 0.4) is 0 Å². The van der Waals surface area contributed by atoms with Gasteiger partial charge >= 0.3 is 0 Å². The molecule has 1 heterocycles. The Balaban J connectivity index is 0.970. The lowest BCUT2D eigenvalue weighted by Gasteiger charge is -2.34. The van der Waals surface area contributed by atoms with Crippen LogP contribution in [0, 0.1) is 6.92 Å². The average molecular weight is 984 g/mol. The standard InChI is InChI=1S/C74H53NSi/c1-52-22-20-32-64(46-52)76(72-38-18-15-35-68(72)69-36-16-19-39-73(69)76)65-33-21-31-62(51-65)75(63-48-57(53-23-6-2-7-24-53)47-58(49-63)54-25-8-3-9-26-54)61-43-40-55(41-44-61)56-42-45-67-66-34-14-17-37-70(66)74(71(67)50-56,59-27-10-4-11-28-59)60-29-12-5-13-30-60/h2-51H,1H3. The number of fused-ring (bicyclic) bond motifs is 6. The van der Waals surface area contributed by atoms with Gasteiger partial charge in [-0.2, -0.15) is 0 Å². The van der Waals surface area contributed by atoms with Crippen molar-refractivity contribution < 1.29 is 0 Å². The van der Waals surface area contributed by atoms with Crippen LogP contribution in [0.2, 0.25) is 0 Å². The van der Waals surface area contributed by atoms with Crippen LogP contribution in [0.1, 0.15) is 27.8 Å². The number of hydrogen-bond donors (Lipinski definition) is 0. The Labute approximate surface area is 447 Å². The summed E-state index contributed by atoms with van der Waals surface area (Å²) in [5.41, 5.74) is 21.5. The summed E-state index contributed by atoms with van der Waals surface area (Å²) in [4.78, 5) is 2.49. The third-order valence-corrected chi connectivity index (χ3v) is 21.1. The van der Waals surface area contributed by atoms with Crippen molar-refractivity contribution in [3.8, 4) is 55.6 Å². The lowest BCUT2D eigenvalue weighted by atomic mass is 9.67. The highest BCUT2D eigenvalue weighted by atomic mass is 28.3. The molecule has 358 valence electrons. The summed E-state index contributed by atoms with van der Waals surface area (Å²) in [6.07, 6.45) is 0. The first kappa shape index (κ1) is 45.3. The summed E-state index contributed by atoms with van der Waals surface area (Å²) in [6, 6.07) is 114. The summed E-state index contributed by atoms with van der Waals surface area (Å²) in [6.45, 7) is 2.23. The molecule has 2 heteroatoms. The molecule has 0 saturated carbocycles. The largest absolute Gasteiger partial charge is 0.310 e. The van der Waals surface area contributed by atoms with Gasteiger partial charge in [0, 0.05) is 17.1 Å². The van der Waals surface area contributed by atoms with Gasteiger partial charge in [0.05, 0.1) is 5.41 Å². The third kappa shape index (κ3) is 7.21. The molecular weight excluding hydrogens is 931 g/mol. The van der Waals surface area contributed by atoms with Crippen LogP contribution in [-0.2, 0) is 5.41 Å². The monoisotopic (exact) mass is 983 g/mol. The van der Waals surface area contributed by atoms with Gasteiger partial charge < -0.3 is 4.90 Å². The number of anilines is 3. The van der Waals surface area contributed by atoms with Crippen LogP contribution < -0.4 is 25.6 Å². The lowest BCUT2D eigenvalue weighted by Crippen LogP contribution is -2.72. The zero-order valence-electron chi connectivity index (χ0n) is 42.3. The van der Waals surface area contributed by atoms with Crippen molar-refractivity contribution in [3.05, 3.63) is 331 Å². The number of benzene rings is 12. The Morgan fingerprint density at radius 2 is 0.750 bits per heavy atom. The molecule has 0 unspecified atom stereocenters. The van der Waals surface area contributed by atoms with E-state index in [1.807, 2.05) is 0 Å². The molecule has 0 bridgehead atoms. The zero-order valence-corrected chi connectivity index (χ0v) is 43.3. The van der Waals surface area contributed by atoms with Crippen molar-refractivity contribution in [2.24, 2.45) is 0 Å². The maximum Gasteiger partial charge on any atom is 0.180 e. The first-order valence-corrected chi connectivity index (χ1v) is 28.5. The maximum atomic E-state index is 2.52. The molecule has 12 aromatic carbocycles. The predicted molar refractivity (Wildman–Crippen MR) is 322 cm³/mol. The van der Waals surface area contributed by atoms with E-state index in [9.17, 15) is 0 Å². The minimum Gasteiger partial charge on any atom is -0.310 e. The highest BCUT2D eigenvalue weighted by Crippen LogP contribution is 2.57. The second-order valence-electron chi connectivity index (χ2n) is 20.4. The Bertz CT molecular complexity index is 3970. The molecule has 0 N–H and O–H groups in total. The average Bonchev–Trinajstić information content (AvgIpc) is 4.19. The van der Waals surface area contributed by atoms with E-state index in [-0.39, 0.29) is 0 Å². The smallest absolute Gasteiger partial charge is 0.180 e. The summed E-state index contributed by atoms with van der Waals surface area (Å²) in [5.74, 6) is 0. The first-order chi connectivity index (χ1) is 37.6. The van der Waals surface area contributed by atoms with Crippen LogP contribution in [-0.4, -0.2) is 8.07 Å². The molecule has 0 aromatic heterocycles. The molecule has 1 aliphatic heterocycles. The van der Waals surface area contributed by atoms with Gasteiger partial charge in [-0.1, -0.05) is 260 Å². The van der Waals surface area contributed by atoms with Crippen molar-refractivity contribution in [3.63, 3.8) is 0 Å². The molecule has 1 aliphatic carbocycles. The highest BCUT2D eigenvalue weighted by Gasteiger charge is 2.49. The summed E-state index contributed by atoms with van der Waals surface area (Å²) < 4.78 is 0. The fourth-order valence-electron chi connectivity index (χ4n) is 13.0. The fourth-order valence-corrected chi connectivity index (χ4v) is 18.3. The predicted octanol–water partition coefficient (Wildman–Crippen LogP) is 16.2. The van der Waals surface area contributed by atoms with Gasteiger partial charge in [0.1, 0.15) is 0 Å². The molecule has 14 rings (SSSR count). The van der Waals surface area contributed by atoms with Crippen molar-refractivity contribution in [2.45, 2.75) is 12.3 Å². The maximum absolute atomic E-state index is 2.84. The van der Waals surface area contributed by atoms with Crippen LogP contribution in [0.5, 0.6) is 0 Å². The van der Waals surface area contributed by atoms with Crippen molar-refractivity contribution in [2.75, 3.05) is 4.90 Å². The van der Waals surface area contributed by atoms with Crippen LogP contribution in [0.25, 0.3) is 55.6 Å². The molecule has 12 aromatic rings. The summed E-state index contributed by atoms with van der Waals surface area (Å²) in [5, 5.41) is 5.63. The van der Waals surface area contributed by atoms with Gasteiger partial charge in [-0.3, -0.25) is 0 Å². The molecule has 76 heavy (non-hydrogen) atoms. The first-order valence-electron chi connectivity index (χ1n) is 26.5. The molecule has 0 saturated heterocycles.